The van der Waals surface area contributed by atoms with E-state index >= 15 is 0 Å². The maximum Gasteiger partial charge on any atom is 0.264 e. The molecule has 2 fully saturated rings. The maximum absolute atomic E-state index is 12.4. The molecule has 178 valence electrons. The number of carbonyl (C=O) groups is 2. The number of amidine groups is 2. The van der Waals surface area contributed by atoms with Gasteiger partial charge >= 0.3 is 0 Å². The first-order valence-electron chi connectivity index (χ1n) is 10.6. The van der Waals surface area contributed by atoms with E-state index in [1.54, 1.807) is 36.4 Å². The second-order valence-corrected chi connectivity index (χ2v) is 10.4. The lowest BCUT2D eigenvalue weighted by atomic mass is 10.1. The summed E-state index contributed by atoms with van der Waals surface area (Å²) in [6, 6.07) is 21.9. The second kappa shape index (κ2) is 10.8. The van der Waals surface area contributed by atoms with E-state index in [9.17, 15) is 9.59 Å². The van der Waals surface area contributed by atoms with Crippen molar-refractivity contribution in [3.63, 3.8) is 0 Å². The third-order valence-electron chi connectivity index (χ3n) is 4.98. The van der Waals surface area contributed by atoms with Crippen LogP contribution < -0.4 is 10.6 Å². The Labute approximate surface area is 225 Å². The number of thioether (sulfide) groups is 2. The summed E-state index contributed by atoms with van der Waals surface area (Å²) in [5.74, 6) is -0.442. The zero-order valence-electron chi connectivity index (χ0n) is 18.4. The number of halogens is 2. The third-order valence-corrected chi connectivity index (χ3v) is 7.44. The summed E-state index contributed by atoms with van der Waals surface area (Å²) < 4.78 is 0. The van der Waals surface area contributed by atoms with Crippen LogP contribution >= 0.6 is 46.7 Å². The van der Waals surface area contributed by atoms with Crippen molar-refractivity contribution >= 4 is 92.4 Å². The molecular weight excluding hydrogens is 535 g/mol. The normalized spacial score (nSPS) is 19.9. The van der Waals surface area contributed by atoms with Gasteiger partial charge in [0.15, 0.2) is 10.3 Å². The molecule has 5 rings (SSSR count). The van der Waals surface area contributed by atoms with Crippen molar-refractivity contribution < 1.29 is 9.59 Å². The molecule has 2 heterocycles. The third kappa shape index (κ3) is 5.74. The first-order chi connectivity index (χ1) is 17.4. The van der Waals surface area contributed by atoms with Crippen LogP contribution in [0.2, 0.25) is 10.0 Å². The Morgan fingerprint density at radius 2 is 1.00 bits per heavy atom. The molecule has 6 nitrogen and oxygen atoms in total. The molecule has 2 aliphatic rings. The molecule has 3 aromatic rings. The van der Waals surface area contributed by atoms with Gasteiger partial charge in [0.2, 0.25) is 0 Å². The lowest BCUT2D eigenvalue weighted by Crippen LogP contribution is -2.19. The fourth-order valence-electron chi connectivity index (χ4n) is 3.26. The minimum atomic E-state index is -0.221. The van der Waals surface area contributed by atoms with Gasteiger partial charge in [0.25, 0.3) is 11.8 Å². The average Bonchev–Trinajstić information content (AvgIpc) is 3.38. The van der Waals surface area contributed by atoms with Crippen molar-refractivity contribution in [2.45, 2.75) is 0 Å². The SMILES string of the molecule is O=C1NC(=Nc2ccccc2Cl)SC1=Cc1ccc(C=C2SC(=Nc3ccccc3Cl)NC2=O)cc1. The average molecular weight is 551 g/mol. The summed E-state index contributed by atoms with van der Waals surface area (Å²) >= 11 is 14.8. The number of rotatable bonds is 4. The van der Waals surface area contributed by atoms with Gasteiger partial charge < -0.3 is 10.6 Å². The van der Waals surface area contributed by atoms with Gasteiger partial charge in [-0.05, 0) is 71.1 Å². The van der Waals surface area contributed by atoms with Crippen LogP contribution in [0.15, 0.2) is 92.6 Å². The highest BCUT2D eigenvalue weighted by Gasteiger charge is 2.25. The number of nitrogens with zero attached hydrogens (tertiary/aromatic N) is 2. The highest BCUT2D eigenvalue weighted by Crippen LogP contribution is 2.32. The van der Waals surface area contributed by atoms with Crippen LogP contribution in [-0.2, 0) is 9.59 Å². The van der Waals surface area contributed by atoms with Gasteiger partial charge in [-0.15, -0.1) is 0 Å². The lowest BCUT2D eigenvalue weighted by Gasteiger charge is -1.99. The topological polar surface area (TPSA) is 82.9 Å². The Kier molecular flexibility index (Phi) is 7.29. The molecule has 0 aromatic heterocycles. The molecule has 0 saturated carbocycles. The number of benzene rings is 3. The first-order valence-corrected chi connectivity index (χ1v) is 13.0. The molecule has 0 radical (unpaired) electrons. The minimum Gasteiger partial charge on any atom is -0.300 e. The van der Waals surface area contributed by atoms with Crippen LogP contribution in [0.4, 0.5) is 11.4 Å². The molecule has 0 bridgehead atoms. The highest BCUT2D eigenvalue weighted by molar-refractivity contribution is 8.19. The number of carbonyl (C=O) groups excluding carboxylic acids is 2. The maximum atomic E-state index is 12.4. The van der Waals surface area contributed by atoms with Crippen LogP contribution in [0.25, 0.3) is 12.2 Å². The van der Waals surface area contributed by atoms with Crippen LogP contribution in [0.3, 0.4) is 0 Å². The molecule has 3 aromatic carbocycles. The molecule has 0 unspecified atom stereocenters. The molecule has 0 aliphatic carbocycles. The van der Waals surface area contributed by atoms with Gasteiger partial charge in [-0.2, -0.15) is 0 Å². The molecule has 2 saturated heterocycles. The van der Waals surface area contributed by atoms with Crippen molar-refractivity contribution in [2.24, 2.45) is 9.98 Å². The van der Waals surface area contributed by atoms with E-state index in [1.807, 2.05) is 48.5 Å². The van der Waals surface area contributed by atoms with E-state index in [4.69, 9.17) is 23.2 Å². The lowest BCUT2D eigenvalue weighted by molar-refractivity contribution is -0.116. The van der Waals surface area contributed by atoms with Crippen LogP contribution in [0, 0.1) is 0 Å². The standard InChI is InChI=1S/C26H16Cl2N4O2S2/c27-17-5-1-3-7-19(17)29-25-31-23(33)21(35-25)13-15-9-11-16(12-10-15)14-22-24(34)32-26(36-22)30-20-8-4-2-6-18(20)28/h1-14H,(H,29,31,33)(H,30,32,34). The van der Waals surface area contributed by atoms with E-state index in [0.717, 1.165) is 11.1 Å². The van der Waals surface area contributed by atoms with E-state index in [2.05, 4.69) is 20.6 Å². The molecule has 36 heavy (non-hydrogen) atoms. The predicted octanol–water partition coefficient (Wildman–Crippen LogP) is 6.78. The summed E-state index contributed by atoms with van der Waals surface area (Å²) in [5.41, 5.74) is 2.88. The van der Waals surface area contributed by atoms with Crippen molar-refractivity contribution in [1.82, 2.24) is 10.6 Å². The molecular formula is C26H16Cl2N4O2S2. The van der Waals surface area contributed by atoms with Gasteiger partial charge in [-0.3, -0.25) is 9.59 Å². The van der Waals surface area contributed by atoms with Gasteiger partial charge in [0, 0.05) is 0 Å². The number of para-hydroxylation sites is 2. The van der Waals surface area contributed by atoms with Crippen LogP contribution in [-0.4, -0.2) is 22.1 Å². The van der Waals surface area contributed by atoms with Crippen molar-refractivity contribution in [1.29, 1.82) is 0 Å². The second-order valence-electron chi connectivity index (χ2n) is 7.53. The fourth-order valence-corrected chi connectivity index (χ4v) is 5.28. The summed E-state index contributed by atoms with van der Waals surface area (Å²) in [7, 11) is 0. The Balaban J connectivity index is 1.29. The van der Waals surface area contributed by atoms with Crippen molar-refractivity contribution in [2.75, 3.05) is 0 Å². The molecule has 0 atom stereocenters. The molecule has 0 spiro atoms. The van der Waals surface area contributed by atoms with Crippen molar-refractivity contribution in [3.05, 3.63) is 104 Å². The number of nitrogens with one attached hydrogen (secondary N) is 2. The Bertz CT molecular complexity index is 1390. The van der Waals surface area contributed by atoms with E-state index in [1.165, 1.54) is 23.5 Å². The summed E-state index contributed by atoms with van der Waals surface area (Å²) in [5, 5.41) is 7.49. The van der Waals surface area contributed by atoms with Crippen LogP contribution in [0.5, 0.6) is 0 Å². The highest BCUT2D eigenvalue weighted by atomic mass is 35.5. The van der Waals surface area contributed by atoms with Gasteiger partial charge in [-0.25, -0.2) is 9.98 Å². The summed E-state index contributed by atoms with van der Waals surface area (Å²) in [4.78, 5) is 34.7. The number of amides is 2. The van der Waals surface area contributed by atoms with Crippen LogP contribution in [0.1, 0.15) is 11.1 Å². The number of aliphatic imine (C=N–C) groups is 2. The molecule has 2 amide bonds. The largest absolute Gasteiger partial charge is 0.300 e. The van der Waals surface area contributed by atoms with Gasteiger partial charge in [-0.1, -0.05) is 71.7 Å². The minimum absolute atomic E-state index is 0.221. The monoisotopic (exact) mass is 550 g/mol. The Morgan fingerprint density at radius 3 is 1.39 bits per heavy atom. The van der Waals surface area contributed by atoms with Crippen molar-refractivity contribution in [3.8, 4) is 0 Å². The zero-order valence-corrected chi connectivity index (χ0v) is 21.5. The van der Waals surface area contributed by atoms with E-state index < -0.39 is 0 Å². The predicted molar refractivity (Wildman–Crippen MR) is 151 cm³/mol. The first kappa shape index (κ1) is 24.4. The van der Waals surface area contributed by atoms with E-state index in [0.29, 0.717) is 41.6 Å². The molecule has 2 N–H and O–H groups in total. The smallest absolute Gasteiger partial charge is 0.264 e. The number of hydrogen-bond acceptors (Lipinski definition) is 6. The quantitative estimate of drug-likeness (QED) is 0.351. The Hall–Kier alpha value is -3.30. The summed E-state index contributed by atoms with van der Waals surface area (Å²) in [6.45, 7) is 0. The van der Waals surface area contributed by atoms with E-state index in [-0.39, 0.29) is 11.8 Å². The molecule has 10 heteroatoms. The molecule has 2 aliphatic heterocycles. The van der Waals surface area contributed by atoms with Gasteiger partial charge in [0.05, 0.1) is 31.2 Å². The fraction of sp³-hybridized carbons (Fsp3) is 0. The van der Waals surface area contributed by atoms with Gasteiger partial charge in [0.1, 0.15) is 0 Å². The summed E-state index contributed by atoms with van der Waals surface area (Å²) in [6.07, 6.45) is 3.58. The number of hydrogen-bond donors (Lipinski definition) is 2. The Morgan fingerprint density at radius 1 is 0.611 bits per heavy atom. The zero-order chi connectivity index (χ0) is 25.1.